The fraction of sp³-hybridized carbons (Fsp3) is 0.438. The first-order valence-corrected chi connectivity index (χ1v) is 7.85. The first-order valence-electron chi connectivity index (χ1n) is 7.85. The zero-order valence-electron chi connectivity index (χ0n) is 13.1. The van der Waals surface area contributed by atoms with E-state index in [1.54, 1.807) is 18.2 Å². The number of benzene rings is 1. The van der Waals surface area contributed by atoms with E-state index in [0.717, 1.165) is 19.0 Å². The number of halogens is 1. The van der Waals surface area contributed by atoms with E-state index in [0.29, 0.717) is 24.7 Å². The summed E-state index contributed by atoms with van der Waals surface area (Å²) in [6.45, 7) is 0.967. The third-order valence-corrected chi connectivity index (χ3v) is 4.07. The SMILES string of the molecule is O=[N+]([O-])c1cnn(CC(O)CN(Cc2ccccc2F)C2CC2)c1. The van der Waals surface area contributed by atoms with Gasteiger partial charge in [0.2, 0.25) is 0 Å². The smallest absolute Gasteiger partial charge is 0.306 e. The second-order valence-corrected chi connectivity index (χ2v) is 6.08. The van der Waals surface area contributed by atoms with Gasteiger partial charge < -0.3 is 5.11 Å². The Labute approximate surface area is 138 Å². The van der Waals surface area contributed by atoms with Crippen LogP contribution in [-0.2, 0) is 13.1 Å². The van der Waals surface area contributed by atoms with Crippen LogP contribution in [-0.4, -0.2) is 43.4 Å². The van der Waals surface area contributed by atoms with Crippen LogP contribution in [0.5, 0.6) is 0 Å². The maximum atomic E-state index is 13.8. The van der Waals surface area contributed by atoms with Crippen LogP contribution in [0.4, 0.5) is 10.1 Å². The molecule has 0 saturated heterocycles. The lowest BCUT2D eigenvalue weighted by atomic mass is 10.2. The molecule has 1 atom stereocenters. The number of rotatable bonds is 8. The summed E-state index contributed by atoms with van der Waals surface area (Å²) >= 11 is 0. The number of aliphatic hydroxyl groups excluding tert-OH is 1. The zero-order chi connectivity index (χ0) is 17.1. The lowest BCUT2D eigenvalue weighted by Crippen LogP contribution is -2.36. The quantitative estimate of drug-likeness (QED) is 0.589. The van der Waals surface area contributed by atoms with E-state index in [2.05, 4.69) is 10.00 Å². The summed E-state index contributed by atoms with van der Waals surface area (Å²) in [5.74, 6) is -0.250. The van der Waals surface area contributed by atoms with E-state index < -0.39 is 11.0 Å². The molecular weight excluding hydrogens is 315 g/mol. The van der Waals surface area contributed by atoms with Crippen molar-refractivity contribution in [2.75, 3.05) is 6.54 Å². The van der Waals surface area contributed by atoms with Crippen molar-refractivity contribution in [1.82, 2.24) is 14.7 Å². The lowest BCUT2D eigenvalue weighted by molar-refractivity contribution is -0.385. The molecule has 1 N–H and O–H groups in total. The van der Waals surface area contributed by atoms with Crippen LogP contribution < -0.4 is 0 Å². The lowest BCUT2D eigenvalue weighted by Gasteiger charge is -2.25. The summed E-state index contributed by atoms with van der Waals surface area (Å²) in [5, 5.41) is 24.8. The van der Waals surface area contributed by atoms with E-state index in [4.69, 9.17) is 0 Å². The van der Waals surface area contributed by atoms with Crippen LogP contribution in [0.1, 0.15) is 18.4 Å². The van der Waals surface area contributed by atoms with E-state index >= 15 is 0 Å². The van der Waals surface area contributed by atoms with Gasteiger partial charge in [-0.1, -0.05) is 18.2 Å². The highest BCUT2D eigenvalue weighted by Crippen LogP contribution is 2.29. The Balaban J connectivity index is 1.60. The highest BCUT2D eigenvalue weighted by molar-refractivity contribution is 5.20. The zero-order valence-corrected chi connectivity index (χ0v) is 13.1. The number of aliphatic hydroxyl groups is 1. The molecule has 24 heavy (non-hydrogen) atoms. The minimum absolute atomic E-state index is 0.104. The van der Waals surface area contributed by atoms with Gasteiger partial charge in [-0.15, -0.1) is 0 Å². The van der Waals surface area contributed by atoms with Gasteiger partial charge in [-0.25, -0.2) is 4.39 Å². The summed E-state index contributed by atoms with van der Waals surface area (Å²) in [4.78, 5) is 12.2. The minimum atomic E-state index is -0.739. The normalized spacial score (nSPS) is 15.6. The van der Waals surface area contributed by atoms with Gasteiger partial charge >= 0.3 is 5.69 Å². The van der Waals surface area contributed by atoms with Crippen molar-refractivity contribution in [1.29, 1.82) is 0 Å². The number of nitrogens with zero attached hydrogens (tertiary/aromatic N) is 4. The highest BCUT2D eigenvalue weighted by Gasteiger charge is 2.30. The van der Waals surface area contributed by atoms with Crippen LogP contribution >= 0.6 is 0 Å². The van der Waals surface area contributed by atoms with Gasteiger partial charge in [0, 0.05) is 24.7 Å². The summed E-state index contributed by atoms with van der Waals surface area (Å²) in [5.41, 5.74) is 0.499. The van der Waals surface area contributed by atoms with Gasteiger partial charge in [0.1, 0.15) is 18.2 Å². The molecule has 1 unspecified atom stereocenters. The Bertz CT molecular complexity index is 717. The Hall–Kier alpha value is -2.32. The molecule has 0 spiro atoms. The molecule has 1 aliphatic rings. The Kier molecular flexibility index (Phi) is 4.86. The molecule has 1 fully saturated rings. The van der Waals surface area contributed by atoms with Gasteiger partial charge in [-0.05, 0) is 18.9 Å². The first kappa shape index (κ1) is 16.5. The van der Waals surface area contributed by atoms with Gasteiger partial charge in [-0.2, -0.15) is 5.10 Å². The van der Waals surface area contributed by atoms with Gasteiger partial charge in [0.05, 0.1) is 17.6 Å². The molecule has 1 heterocycles. The maximum Gasteiger partial charge on any atom is 0.306 e. The van der Waals surface area contributed by atoms with Crippen LogP contribution in [0, 0.1) is 15.9 Å². The predicted octanol–water partition coefficient (Wildman–Crippen LogP) is 1.96. The standard InChI is InChI=1S/C16H19FN4O3/c17-16-4-2-1-3-12(16)8-19(13-5-6-13)10-15(22)11-20-9-14(7-18-20)21(23)24/h1-4,7,9,13,15,22H,5-6,8,10-11H2. The number of hydrogen-bond donors (Lipinski definition) is 1. The molecule has 1 aromatic heterocycles. The van der Waals surface area contributed by atoms with E-state index in [1.807, 2.05) is 0 Å². The monoisotopic (exact) mass is 334 g/mol. The number of aromatic nitrogens is 2. The molecule has 7 nitrogen and oxygen atoms in total. The average molecular weight is 334 g/mol. The van der Waals surface area contributed by atoms with Crippen molar-refractivity contribution < 1.29 is 14.4 Å². The fourth-order valence-corrected chi connectivity index (χ4v) is 2.72. The highest BCUT2D eigenvalue weighted by atomic mass is 19.1. The third kappa shape index (κ3) is 4.15. The fourth-order valence-electron chi connectivity index (χ4n) is 2.72. The molecule has 0 amide bonds. The molecular formula is C16H19FN4O3. The third-order valence-electron chi connectivity index (χ3n) is 4.07. The maximum absolute atomic E-state index is 13.8. The number of hydrogen-bond acceptors (Lipinski definition) is 5. The second-order valence-electron chi connectivity index (χ2n) is 6.08. The largest absolute Gasteiger partial charge is 0.390 e. The average Bonchev–Trinajstić information content (AvgIpc) is 3.28. The van der Waals surface area contributed by atoms with Crippen molar-refractivity contribution in [2.45, 2.75) is 38.1 Å². The Morgan fingerprint density at radius 2 is 2.21 bits per heavy atom. The van der Waals surface area contributed by atoms with Crippen LogP contribution in [0.25, 0.3) is 0 Å². The van der Waals surface area contributed by atoms with Gasteiger partial charge in [-0.3, -0.25) is 19.7 Å². The summed E-state index contributed by atoms with van der Waals surface area (Å²) in [6.07, 6.45) is 3.78. The molecule has 0 radical (unpaired) electrons. The van der Waals surface area contributed by atoms with Crippen molar-refractivity contribution >= 4 is 5.69 Å². The molecule has 0 aliphatic heterocycles. The van der Waals surface area contributed by atoms with E-state index in [9.17, 15) is 19.6 Å². The van der Waals surface area contributed by atoms with Crippen molar-refractivity contribution in [3.8, 4) is 0 Å². The molecule has 1 aromatic carbocycles. The molecule has 1 saturated carbocycles. The minimum Gasteiger partial charge on any atom is -0.390 e. The predicted molar refractivity (Wildman–Crippen MR) is 84.7 cm³/mol. The van der Waals surface area contributed by atoms with Crippen LogP contribution in [0.15, 0.2) is 36.7 Å². The summed E-state index contributed by atoms with van der Waals surface area (Å²) in [6, 6.07) is 6.97. The van der Waals surface area contributed by atoms with Gasteiger partial charge in [0.15, 0.2) is 0 Å². The molecule has 128 valence electrons. The van der Waals surface area contributed by atoms with Crippen molar-refractivity contribution in [3.05, 3.63) is 58.2 Å². The molecule has 8 heteroatoms. The van der Waals surface area contributed by atoms with Crippen molar-refractivity contribution in [2.24, 2.45) is 0 Å². The molecule has 3 rings (SSSR count). The topological polar surface area (TPSA) is 84.4 Å². The summed E-state index contributed by atoms with van der Waals surface area (Å²) in [7, 11) is 0. The van der Waals surface area contributed by atoms with Gasteiger partial charge in [0.25, 0.3) is 0 Å². The second kappa shape index (κ2) is 7.06. The summed E-state index contributed by atoms with van der Waals surface area (Å²) < 4.78 is 15.2. The Morgan fingerprint density at radius 3 is 2.83 bits per heavy atom. The van der Waals surface area contributed by atoms with E-state index in [1.165, 1.54) is 16.9 Å². The molecule has 1 aliphatic carbocycles. The number of nitro groups is 1. The van der Waals surface area contributed by atoms with Crippen LogP contribution in [0.3, 0.4) is 0 Å². The van der Waals surface area contributed by atoms with Crippen molar-refractivity contribution in [3.63, 3.8) is 0 Å². The Morgan fingerprint density at radius 1 is 1.46 bits per heavy atom. The molecule has 2 aromatic rings. The van der Waals surface area contributed by atoms with Crippen LogP contribution in [0.2, 0.25) is 0 Å². The molecule has 0 bridgehead atoms. The first-order chi connectivity index (χ1) is 11.5. The van der Waals surface area contributed by atoms with E-state index in [-0.39, 0.29) is 18.0 Å².